The largest absolute Gasteiger partial charge is 0.491 e. The van der Waals surface area contributed by atoms with Crippen molar-refractivity contribution in [3.05, 3.63) is 60.6 Å². The van der Waals surface area contributed by atoms with Gasteiger partial charge in [0, 0.05) is 25.1 Å². The smallest absolute Gasteiger partial charge is 0.261 e. The van der Waals surface area contributed by atoms with Crippen LogP contribution in [0.5, 0.6) is 5.75 Å². The molecular weight excluding hydrogens is 308 g/mol. The SMILES string of the molecule is Cn1ncc(C(=O)Nc2ccc(OCCO)cc2)c1-n1cccc1. The Bertz CT molecular complexity index is 807. The molecule has 0 unspecified atom stereocenters. The standard InChI is InChI=1S/C17H18N4O3/c1-20-17(21-8-2-3-9-21)15(12-18-20)16(23)19-13-4-6-14(7-5-13)24-11-10-22/h2-9,12,22H,10-11H2,1H3,(H,19,23). The van der Waals surface area contributed by atoms with Crippen LogP contribution in [0.25, 0.3) is 5.82 Å². The fourth-order valence-electron chi connectivity index (χ4n) is 2.37. The van der Waals surface area contributed by atoms with Gasteiger partial charge in [0.2, 0.25) is 0 Å². The van der Waals surface area contributed by atoms with E-state index in [1.165, 1.54) is 0 Å². The van der Waals surface area contributed by atoms with E-state index in [1.54, 1.807) is 42.2 Å². The summed E-state index contributed by atoms with van der Waals surface area (Å²) in [6, 6.07) is 10.7. The molecule has 0 aliphatic rings. The summed E-state index contributed by atoms with van der Waals surface area (Å²) in [5.74, 6) is 1.09. The highest BCUT2D eigenvalue weighted by Crippen LogP contribution is 2.19. The molecule has 0 aliphatic carbocycles. The number of nitrogens with zero attached hydrogens (tertiary/aromatic N) is 3. The number of benzene rings is 1. The molecule has 7 heteroatoms. The summed E-state index contributed by atoms with van der Waals surface area (Å²) in [5.41, 5.74) is 1.13. The second-order valence-electron chi connectivity index (χ2n) is 5.15. The zero-order valence-electron chi connectivity index (χ0n) is 13.2. The molecule has 24 heavy (non-hydrogen) atoms. The monoisotopic (exact) mass is 326 g/mol. The lowest BCUT2D eigenvalue weighted by molar-refractivity contribution is 0.102. The molecule has 0 bridgehead atoms. The first-order valence-electron chi connectivity index (χ1n) is 7.49. The van der Waals surface area contributed by atoms with Crippen LogP contribution in [0.2, 0.25) is 0 Å². The fraction of sp³-hybridized carbons (Fsp3) is 0.176. The first-order chi connectivity index (χ1) is 11.7. The van der Waals surface area contributed by atoms with E-state index in [-0.39, 0.29) is 19.1 Å². The first kappa shape index (κ1) is 15.8. The summed E-state index contributed by atoms with van der Waals surface area (Å²) in [6.07, 6.45) is 5.27. The number of ether oxygens (including phenoxy) is 1. The number of rotatable bonds is 6. The molecule has 0 spiro atoms. The van der Waals surface area contributed by atoms with Crippen molar-refractivity contribution in [1.29, 1.82) is 0 Å². The highest BCUT2D eigenvalue weighted by molar-refractivity contribution is 6.06. The molecule has 0 radical (unpaired) electrons. The molecule has 0 fully saturated rings. The van der Waals surface area contributed by atoms with Gasteiger partial charge in [-0.15, -0.1) is 0 Å². The topological polar surface area (TPSA) is 81.3 Å². The molecule has 3 rings (SSSR count). The van der Waals surface area contributed by atoms with E-state index in [4.69, 9.17) is 9.84 Å². The van der Waals surface area contributed by atoms with Gasteiger partial charge in [-0.05, 0) is 36.4 Å². The number of aliphatic hydroxyl groups is 1. The zero-order valence-corrected chi connectivity index (χ0v) is 13.2. The molecule has 0 atom stereocenters. The summed E-state index contributed by atoms with van der Waals surface area (Å²) in [5, 5.41) is 15.8. The van der Waals surface area contributed by atoms with Crippen molar-refractivity contribution in [3.63, 3.8) is 0 Å². The van der Waals surface area contributed by atoms with E-state index < -0.39 is 0 Å². The number of aromatic nitrogens is 3. The van der Waals surface area contributed by atoms with Crippen LogP contribution >= 0.6 is 0 Å². The number of anilines is 1. The molecular formula is C17H18N4O3. The van der Waals surface area contributed by atoms with Gasteiger partial charge in [0.1, 0.15) is 23.7 Å². The number of hydrogen-bond acceptors (Lipinski definition) is 4. The normalized spacial score (nSPS) is 10.6. The van der Waals surface area contributed by atoms with Crippen LogP contribution in [-0.4, -0.2) is 38.6 Å². The molecule has 2 aromatic heterocycles. The van der Waals surface area contributed by atoms with Crippen molar-refractivity contribution in [2.45, 2.75) is 0 Å². The lowest BCUT2D eigenvalue weighted by atomic mass is 10.2. The van der Waals surface area contributed by atoms with Crippen LogP contribution in [0.1, 0.15) is 10.4 Å². The lowest BCUT2D eigenvalue weighted by Gasteiger charge is -2.09. The molecule has 1 aromatic carbocycles. The van der Waals surface area contributed by atoms with Crippen LogP contribution in [0.3, 0.4) is 0 Å². The minimum atomic E-state index is -0.240. The Morgan fingerprint density at radius 1 is 1.25 bits per heavy atom. The third-order valence-corrected chi connectivity index (χ3v) is 3.47. The van der Waals surface area contributed by atoms with Gasteiger partial charge in [-0.2, -0.15) is 5.10 Å². The van der Waals surface area contributed by atoms with Gasteiger partial charge in [-0.1, -0.05) is 0 Å². The lowest BCUT2D eigenvalue weighted by Crippen LogP contribution is -2.15. The molecule has 2 N–H and O–H groups in total. The van der Waals surface area contributed by atoms with E-state index in [9.17, 15) is 4.79 Å². The molecule has 0 aliphatic heterocycles. The maximum absolute atomic E-state index is 12.6. The Kier molecular flexibility index (Phi) is 4.62. The van der Waals surface area contributed by atoms with Crippen molar-refractivity contribution in [1.82, 2.24) is 14.3 Å². The third-order valence-electron chi connectivity index (χ3n) is 3.47. The minimum Gasteiger partial charge on any atom is -0.491 e. The highest BCUT2D eigenvalue weighted by atomic mass is 16.5. The molecule has 1 amide bonds. The van der Waals surface area contributed by atoms with Gasteiger partial charge in [0.05, 0.1) is 12.8 Å². The summed E-state index contributed by atoms with van der Waals surface area (Å²) in [6.45, 7) is 0.198. The van der Waals surface area contributed by atoms with Crippen molar-refractivity contribution >= 4 is 11.6 Å². The quantitative estimate of drug-likeness (QED) is 0.724. The van der Waals surface area contributed by atoms with E-state index in [0.29, 0.717) is 22.8 Å². The van der Waals surface area contributed by atoms with E-state index in [2.05, 4.69) is 10.4 Å². The Hall–Kier alpha value is -3.06. The average molecular weight is 326 g/mol. The first-order valence-corrected chi connectivity index (χ1v) is 7.49. The third kappa shape index (κ3) is 3.31. The van der Waals surface area contributed by atoms with Gasteiger partial charge in [0.25, 0.3) is 5.91 Å². The van der Waals surface area contributed by atoms with Crippen LogP contribution in [0.4, 0.5) is 5.69 Å². The van der Waals surface area contributed by atoms with Gasteiger partial charge < -0.3 is 19.7 Å². The molecule has 124 valence electrons. The van der Waals surface area contributed by atoms with Crippen molar-refractivity contribution in [2.75, 3.05) is 18.5 Å². The fourth-order valence-corrected chi connectivity index (χ4v) is 2.37. The van der Waals surface area contributed by atoms with E-state index >= 15 is 0 Å². The summed E-state index contributed by atoms with van der Waals surface area (Å²) in [4.78, 5) is 12.6. The number of carbonyl (C=O) groups excluding carboxylic acids is 1. The number of nitrogens with one attached hydrogen (secondary N) is 1. The summed E-state index contributed by atoms with van der Waals surface area (Å²) >= 11 is 0. The molecule has 0 saturated heterocycles. The number of aliphatic hydroxyl groups excluding tert-OH is 1. The van der Waals surface area contributed by atoms with Crippen molar-refractivity contribution < 1.29 is 14.6 Å². The second-order valence-corrected chi connectivity index (χ2v) is 5.15. The van der Waals surface area contributed by atoms with Gasteiger partial charge in [0.15, 0.2) is 0 Å². The van der Waals surface area contributed by atoms with Crippen molar-refractivity contribution in [3.8, 4) is 11.6 Å². The van der Waals surface area contributed by atoms with E-state index in [1.807, 2.05) is 29.1 Å². The number of aryl methyl sites for hydroxylation is 1. The Labute approximate surface area is 139 Å². The zero-order chi connectivity index (χ0) is 16.9. The average Bonchev–Trinajstić information content (AvgIpc) is 3.23. The van der Waals surface area contributed by atoms with Gasteiger partial charge in [-0.25, -0.2) is 0 Å². The van der Waals surface area contributed by atoms with Crippen LogP contribution in [0, 0.1) is 0 Å². The molecule has 0 saturated carbocycles. The predicted molar refractivity (Wildman–Crippen MR) is 89.5 cm³/mol. The van der Waals surface area contributed by atoms with Gasteiger partial charge >= 0.3 is 0 Å². The number of carbonyl (C=O) groups is 1. The van der Waals surface area contributed by atoms with Crippen LogP contribution < -0.4 is 10.1 Å². The molecule has 3 aromatic rings. The maximum atomic E-state index is 12.6. The van der Waals surface area contributed by atoms with Crippen LogP contribution in [-0.2, 0) is 7.05 Å². The summed E-state index contributed by atoms with van der Waals surface area (Å²) < 4.78 is 8.79. The highest BCUT2D eigenvalue weighted by Gasteiger charge is 2.17. The Morgan fingerprint density at radius 2 is 1.96 bits per heavy atom. The maximum Gasteiger partial charge on any atom is 0.261 e. The molecule has 2 heterocycles. The van der Waals surface area contributed by atoms with Crippen LogP contribution in [0.15, 0.2) is 55.0 Å². The minimum absolute atomic E-state index is 0.0400. The second kappa shape index (κ2) is 7.01. The summed E-state index contributed by atoms with van der Waals surface area (Å²) in [7, 11) is 1.79. The van der Waals surface area contributed by atoms with Crippen molar-refractivity contribution in [2.24, 2.45) is 7.05 Å². The number of amides is 1. The Morgan fingerprint density at radius 3 is 2.62 bits per heavy atom. The van der Waals surface area contributed by atoms with E-state index in [0.717, 1.165) is 0 Å². The van der Waals surface area contributed by atoms with Gasteiger partial charge in [-0.3, -0.25) is 9.48 Å². The predicted octanol–water partition coefficient (Wildman–Crippen LogP) is 1.83. The number of hydrogen-bond donors (Lipinski definition) is 2. The Balaban J connectivity index is 1.76. The molecule has 7 nitrogen and oxygen atoms in total.